The molecular formula is C17H17F3N2O4S3. The summed E-state index contributed by atoms with van der Waals surface area (Å²) >= 11 is 2.30. The van der Waals surface area contributed by atoms with Crippen LogP contribution in [0.15, 0.2) is 44.4 Å². The predicted octanol–water partition coefficient (Wildman–Crippen LogP) is 4.71. The molecule has 0 amide bonds. The van der Waals surface area contributed by atoms with Crippen molar-refractivity contribution >= 4 is 32.7 Å². The van der Waals surface area contributed by atoms with Crippen molar-refractivity contribution < 1.29 is 30.8 Å². The fraction of sp³-hybridized carbons (Fsp3) is 0.353. The van der Waals surface area contributed by atoms with E-state index in [1.54, 1.807) is 0 Å². The lowest BCUT2D eigenvalue weighted by Gasteiger charge is -2.20. The maximum Gasteiger partial charge on any atom is 0.452 e. The van der Waals surface area contributed by atoms with Crippen molar-refractivity contribution in [2.24, 2.45) is 0 Å². The van der Waals surface area contributed by atoms with Crippen molar-refractivity contribution in [2.75, 3.05) is 20.3 Å². The SMILES string of the molecule is COCCCN(Cc1cccs1)S(=O)(=O)c1ccc(-c2cc(C(F)(F)F)on2)s1. The molecule has 0 aliphatic carbocycles. The van der Waals surface area contributed by atoms with Gasteiger partial charge in [-0.2, -0.15) is 17.5 Å². The van der Waals surface area contributed by atoms with Gasteiger partial charge in [0.1, 0.15) is 9.90 Å². The molecule has 0 atom stereocenters. The van der Waals surface area contributed by atoms with E-state index in [0.29, 0.717) is 13.0 Å². The Bertz CT molecular complexity index is 1030. The van der Waals surface area contributed by atoms with Gasteiger partial charge in [0.05, 0.1) is 4.88 Å². The van der Waals surface area contributed by atoms with Crippen LogP contribution in [-0.4, -0.2) is 38.1 Å². The van der Waals surface area contributed by atoms with Gasteiger partial charge in [0.15, 0.2) is 0 Å². The number of ether oxygens (including phenoxy) is 1. The number of methoxy groups -OCH3 is 1. The van der Waals surface area contributed by atoms with Crippen molar-refractivity contribution in [3.63, 3.8) is 0 Å². The number of alkyl halides is 3. The summed E-state index contributed by atoms with van der Waals surface area (Å²) in [5.41, 5.74) is -0.0621. The molecule has 6 nitrogen and oxygen atoms in total. The first kappa shape index (κ1) is 22.0. The van der Waals surface area contributed by atoms with E-state index in [2.05, 4.69) is 9.68 Å². The Hall–Kier alpha value is -1.73. The van der Waals surface area contributed by atoms with Crippen LogP contribution in [0.25, 0.3) is 10.6 Å². The normalized spacial score (nSPS) is 12.7. The zero-order chi connectivity index (χ0) is 21.1. The van der Waals surface area contributed by atoms with Crippen molar-refractivity contribution in [2.45, 2.75) is 23.4 Å². The van der Waals surface area contributed by atoms with E-state index in [0.717, 1.165) is 22.3 Å². The molecule has 0 fully saturated rings. The molecule has 3 aromatic heterocycles. The van der Waals surface area contributed by atoms with Gasteiger partial charge in [-0.25, -0.2) is 8.42 Å². The first-order valence-electron chi connectivity index (χ1n) is 8.37. The molecule has 29 heavy (non-hydrogen) atoms. The summed E-state index contributed by atoms with van der Waals surface area (Å²) in [6.45, 7) is 0.869. The smallest absolute Gasteiger partial charge is 0.385 e. The Balaban J connectivity index is 1.85. The molecule has 0 bridgehead atoms. The number of nitrogens with zero attached hydrogens (tertiary/aromatic N) is 2. The quantitative estimate of drug-likeness (QED) is 0.427. The average molecular weight is 467 g/mol. The van der Waals surface area contributed by atoms with Crippen LogP contribution >= 0.6 is 22.7 Å². The van der Waals surface area contributed by atoms with E-state index in [1.807, 2.05) is 17.5 Å². The van der Waals surface area contributed by atoms with E-state index in [-0.39, 0.29) is 27.9 Å². The lowest BCUT2D eigenvalue weighted by molar-refractivity contribution is -0.155. The molecule has 3 heterocycles. The molecule has 0 saturated carbocycles. The summed E-state index contributed by atoms with van der Waals surface area (Å²) in [6.07, 6.45) is -4.15. The molecule has 0 aliphatic rings. The minimum Gasteiger partial charge on any atom is -0.385 e. The van der Waals surface area contributed by atoms with Crippen LogP contribution in [-0.2, 0) is 27.5 Å². The molecule has 0 aliphatic heterocycles. The summed E-state index contributed by atoms with van der Waals surface area (Å²) in [5, 5.41) is 5.27. The number of halogens is 3. The zero-order valence-corrected chi connectivity index (χ0v) is 17.6. The van der Waals surface area contributed by atoms with Gasteiger partial charge >= 0.3 is 6.18 Å². The summed E-state index contributed by atoms with van der Waals surface area (Å²) in [4.78, 5) is 1.16. The van der Waals surface area contributed by atoms with Crippen molar-refractivity contribution in [1.82, 2.24) is 9.46 Å². The molecule has 0 saturated heterocycles. The number of hydrogen-bond acceptors (Lipinski definition) is 7. The van der Waals surface area contributed by atoms with E-state index >= 15 is 0 Å². The molecule has 0 radical (unpaired) electrons. The highest BCUT2D eigenvalue weighted by atomic mass is 32.2. The minimum atomic E-state index is -4.66. The van der Waals surface area contributed by atoms with Crippen LogP contribution in [0.5, 0.6) is 0 Å². The Labute approximate surface area is 173 Å². The highest BCUT2D eigenvalue weighted by molar-refractivity contribution is 7.91. The Morgan fingerprint density at radius 3 is 2.69 bits per heavy atom. The largest absolute Gasteiger partial charge is 0.452 e. The van der Waals surface area contributed by atoms with E-state index in [9.17, 15) is 21.6 Å². The molecular weight excluding hydrogens is 449 g/mol. The topological polar surface area (TPSA) is 72.6 Å². The van der Waals surface area contributed by atoms with Crippen molar-refractivity contribution in [3.05, 3.63) is 46.3 Å². The molecule has 0 aromatic carbocycles. The van der Waals surface area contributed by atoms with Gasteiger partial charge in [0.2, 0.25) is 5.76 Å². The first-order chi connectivity index (χ1) is 13.7. The van der Waals surface area contributed by atoms with E-state index < -0.39 is 22.0 Å². The Morgan fingerprint density at radius 2 is 2.07 bits per heavy atom. The minimum absolute atomic E-state index is 0.0260. The van der Waals surface area contributed by atoms with Gasteiger partial charge in [-0.05, 0) is 30.0 Å². The third-order valence-electron chi connectivity index (χ3n) is 3.89. The second kappa shape index (κ2) is 8.96. The molecule has 12 heteroatoms. The van der Waals surface area contributed by atoms with Crippen LogP contribution in [0.1, 0.15) is 17.1 Å². The fourth-order valence-corrected chi connectivity index (χ4v) is 6.17. The Morgan fingerprint density at radius 1 is 1.28 bits per heavy atom. The summed E-state index contributed by atoms with van der Waals surface area (Å²) in [7, 11) is -2.31. The number of hydrogen-bond donors (Lipinski definition) is 0. The molecule has 0 spiro atoms. The second-order valence-electron chi connectivity index (χ2n) is 5.96. The lowest BCUT2D eigenvalue weighted by atomic mass is 10.3. The molecule has 3 aromatic rings. The average Bonchev–Trinajstić information content (AvgIpc) is 3.39. The number of sulfonamides is 1. The van der Waals surface area contributed by atoms with Gasteiger partial charge in [0.25, 0.3) is 10.0 Å². The highest BCUT2D eigenvalue weighted by Gasteiger charge is 2.36. The maximum atomic E-state index is 13.1. The molecule has 3 rings (SSSR count). The monoisotopic (exact) mass is 466 g/mol. The van der Waals surface area contributed by atoms with E-state index in [1.165, 1.54) is 34.9 Å². The van der Waals surface area contributed by atoms with E-state index in [4.69, 9.17) is 4.74 Å². The van der Waals surface area contributed by atoms with Crippen LogP contribution in [0.3, 0.4) is 0 Å². The van der Waals surface area contributed by atoms with Gasteiger partial charge in [-0.3, -0.25) is 0 Å². The standard InChI is InChI=1S/C17H17F3N2O4S3/c1-25-8-3-7-22(11-12-4-2-9-27-12)29(23,24)16-6-5-14(28-16)13-10-15(26-21-13)17(18,19)20/h2,4-6,9-10H,3,7-8,11H2,1H3. The number of aromatic nitrogens is 1. The van der Waals surface area contributed by atoms with Crippen LogP contribution in [0.4, 0.5) is 13.2 Å². The molecule has 0 unspecified atom stereocenters. The van der Waals surface area contributed by atoms with Gasteiger partial charge < -0.3 is 9.26 Å². The maximum absolute atomic E-state index is 13.1. The predicted molar refractivity (Wildman–Crippen MR) is 103 cm³/mol. The molecule has 0 N–H and O–H groups in total. The van der Waals surface area contributed by atoms with Crippen molar-refractivity contribution in [1.29, 1.82) is 0 Å². The lowest BCUT2D eigenvalue weighted by Crippen LogP contribution is -2.31. The first-order valence-corrected chi connectivity index (χ1v) is 11.5. The molecule has 158 valence electrons. The summed E-state index contributed by atoms with van der Waals surface area (Å²) in [6, 6.07) is 7.23. The third-order valence-corrected chi connectivity index (χ3v) is 8.17. The van der Waals surface area contributed by atoms with Gasteiger partial charge in [-0.15, -0.1) is 22.7 Å². The number of rotatable bonds is 9. The van der Waals surface area contributed by atoms with Crippen LogP contribution in [0, 0.1) is 0 Å². The Kier molecular flexibility index (Phi) is 6.79. The summed E-state index contributed by atoms with van der Waals surface area (Å²) in [5.74, 6) is -1.23. The number of thiophene rings is 2. The zero-order valence-electron chi connectivity index (χ0n) is 15.2. The summed E-state index contributed by atoms with van der Waals surface area (Å²) < 4.78 is 75.1. The van der Waals surface area contributed by atoms with Crippen molar-refractivity contribution in [3.8, 4) is 10.6 Å². The van der Waals surface area contributed by atoms with Crippen LogP contribution < -0.4 is 0 Å². The van der Waals surface area contributed by atoms with Crippen LogP contribution in [0.2, 0.25) is 0 Å². The highest BCUT2D eigenvalue weighted by Crippen LogP contribution is 2.36. The fourth-order valence-electron chi connectivity index (χ4n) is 2.49. The van der Waals surface area contributed by atoms with Gasteiger partial charge in [0, 0.05) is 37.7 Å². The third kappa shape index (κ3) is 5.25. The second-order valence-corrected chi connectivity index (χ2v) is 10.2. The van der Waals surface area contributed by atoms with Gasteiger partial charge in [-0.1, -0.05) is 11.2 Å².